The third-order valence-corrected chi connectivity index (χ3v) is 4.00. The normalized spacial score (nSPS) is 10.2. The monoisotopic (exact) mass is 348 g/mol. The zero-order valence-electron chi connectivity index (χ0n) is 14.0. The molecular weight excluding hydrogens is 328 g/mol. The number of nitrogens with one attached hydrogen (secondary N) is 2. The number of carbonyl (C=O) groups excluding carboxylic acids is 2. The number of carbonyl (C=O) groups is 2. The van der Waals surface area contributed by atoms with Crippen molar-refractivity contribution in [2.24, 2.45) is 0 Å². The Labute approximate surface area is 144 Å². The van der Waals surface area contributed by atoms with Gasteiger partial charge in [0, 0.05) is 25.0 Å². The molecule has 128 valence electrons. The van der Waals surface area contributed by atoms with Gasteiger partial charge in [-0.15, -0.1) is 11.3 Å². The number of nitrogens with zero attached hydrogens (tertiary/aromatic N) is 2. The van der Waals surface area contributed by atoms with Crippen LogP contribution in [0.4, 0.5) is 16.2 Å². The lowest BCUT2D eigenvalue weighted by atomic mass is 10.2. The van der Waals surface area contributed by atoms with Gasteiger partial charge in [-0.3, -0.25) is 4.79 Å². The first kappa shape index (κ1) is 17.7. The maximum Gasteiger partial charge on any atom is 0.321 e. The first-order chi connectivity index (χ1) is 11.4. The second-order valence-corrected chi connectivity index (χ2v) is 6.30. The van der Waals surface area contributed by atoms with E-state index in [0.717, 1.165) is 10.7 Å². The molecule has 1 aromatic heterocycles. The molecule has 0 saturated heterocycles. The van der Waals surface area contributed by atoms with Gasteiger partial charge in [0.25, 0.3) is 0 Å². The minimum atomic E-state index is -0.264. The molecule has 24 heavy (non-hydrogen) atoms. The molecule has 2 N–H and O–H groups in total. The molecule has 0 aliphatic carbocycles. The fourth-order valence-corrected chi connectivity index (χ4v) is 2.69. The van der Waals surface area contributed by atoms with Gasteiger partial charge in [0.2, 0.25) is 5.91 Å². The van der Waals surface area contributed by atoms with Crippen molar-refractivity contribution in [2.75, 3.05) is 24.8 Å². The highest BCUT2D eigenvalue weighted by Crippen LogP contribution is 2.28. The molecule has 0 aliphatic heterocycles. The van der Waals surface area contributed by atoms with Gasteiger partial charge >= 0.3 is 6.03 Å². The van der Waals surface area contributed by atoms with Crippen molar-refractivity contribution in [3.05, 3.63) is 34.3 Å². The Hall–Kier alpha value is -2.61. The summed E-state index contributed by atoms with van der Waals surface area (Å²) >= 11 is 1.55. The first-order valence-corrected chi connectivity index (χ1v) is 8.15. The Balaban J connectivity index is 2.06. The van der Waals surface area contributed by atoms with Crippen LogP contribution in [0.25, 0.3) is 0 Å². The van der Waals surface area contributed by atoms with Gasteiger partial charge in [-0.2, -0.15) is 0 Å². The van der Waals surface area contributed by atoms with E-state index in [1.54, 1.807) is 36.6 Å². The summed E-state index contributed by atoms with van der Waals surface area (Å²) in [6, 6.07) is 4.78. The third-order valence-electron chi connectivity index (χ3n) is 3.17. The topological polar surface area (TPSA) is 83.6 Å². The van der Waals surface area contributed by atoms with Crippen molar-refractivity contribution in [1.29, 1.82) is 0 Å². The van der Waals surface area contributed by atoms with Crippen molar-refractivity contribution in [3.8, 4) is 5.75 Å². The maximum absolute atomic E-state index is 12.3. The molecule has 7 nitrogen and oxygen atoms in total. The number of amides is 3. The summed E-state index contributed by atoms with van der Waals surface area (Å²) in [6.07, 6.45) is 0. The SMILES string of the molecule is COc1ccc(NC(=O)N(C)Cc2csc(C)n2)cc1NC(C)=O. The number of hydrogen-bond donors (Lipinski definition) is 2. The summed E-state index contributed by atoms with van der Waals surface area (Å²) < 4.78 is 5.19. The average Bonchev–Trinajstić information content (AvgIpc) is 2.92. The predicted molar refractivity (Wildman–Crippen MR) is 94.6 cm³/mol. The lowest BCUT2D eigenvalue weighted by molar-refractivity contribution is -0.114. The highest BCUT2D eigenvalue weighted by molar-refractivity contribution is 7.09. The number of benzene rings is 1. The van der Waals surface area contributed by atoms with Gasteiger partial charge in [0.1, 0.15) is 5.75 Å². The van der Waals surface area contributed by atoms with Crippen LogP contribution in [0.3, 0.4) is 0 Å². The van der Waals surface area contributed by atoms with Crippen LogP contribution in [-0.2, 0) is 11.3 Å². The number of methoxy groups -OCH3 is 1. The largest absolute Gasteiger partial charge is 0.495 e. The molecule has 0 aliphatic rings. The third kappa shape index (κ3) is 4.69. The highest BCUT2D eigenvalue weighted by atomic mass is 32.1. The number of thiazole rings is 1. The molecule has 0 unspecified atom stereocenters. The quantitative estimate of drug-likeness (QED) is 0.870. The molecule has 3 amide bonds. The van der Waals surface area contributed by atoms with E-state index in [1.807, 2.05) is 12.3 Å². The van der Waals surface area contributed by atoms with Crippen molar-refractivity contribution < 1.29 is 14.3 Å². The lowest BCUT2D eigenvalue weighted by Crippen LogP contribution is -2.31. The van der Waals surface area contributed by atoms with Crippen LogP contribution in [0.2, 0.25) is 0 Å². The summed E-state index contributed by atoms with van der Waals surface area (Å²) in [5.74, 6) is 0.308. The fourth-order valence-electron chi connectivity index (χ4n) is 2.09. The molecule has 1 heterocycles. The van der Waals surface area contributed by atoms with E-state index in [2.05, 4.69) is 15.6 Å². The van der Waals surface area contributed by atoms with Gasteiger partial charge in [0.15, 0.2) is 0 Å². The minimum Gasteiger partial charge on any atom is -0.495 e. The second kappa shape index (κ2) is 7.78. The van der Waals surface area contributed by atoms with E-state index in [4.69, 9.17) is 4.74 Å². The molecule has 0 spiro atoms. The van der Waals surface area contributed by atoms with Crippen molar-refractivity contribution in [1.82, 2.24) is 9.88 Å². The number of aryl methyl sites for hydroxylation is 1. The number of anilines is 2. The molecule has 8 heteroatoms. The van der Waals surface area contributed by atoms with Crippen LogP contribution in [0.5, 0.6) is 5.75 Å². The van der Waals surface area contributed by atoms with Crippen LogP contribution in [0.15, 0.2) is 23.6 Å². The van der Waals surface area contributed by atoms with Crippen molar-refractivity contribution in [3.63, 3.8) is 0 Å². The van der Waals surface area contributed by atoms with Crippen molar-refractivity contribution in [2.45, 2.75) is 20.4 Å². The van der Waals surface area contributed by atoms with Crippen LogP contribution in [0.1, 0.15) is 17.6 Å². The molecule has 1 aromatic carbocycles. The minimum absolute atomic E-state index is 0.215. The number of ether oxygens (including phenoxy) is 1. The molecule has 0 bridgehead atoms. The van der Waals surface area contributed by atoms with Crippen LogP contribution < -0.4 is 15.4 Å². The fraction of sp³-hybridized carbons (Fsp3) is 0.312. The molecular formula is C16H20N4O3S. The zero-order chi connectivity index (χ0) is 17.7. The molecule has 2 aromatic rings. The van der Waals surface area contributed by atoms with Gasteiger partial charge in [-0.1, -0.05) is 0 Å². The lowest BCUT2D eigenvalue weighted by Gasteiger charge is -2.18. The summed E-state index contributed by atoms with van der Waals surface area (Å²) in [6.45, 7) is 3.76. The van der Waals surface area contributed by atoms with Crippen LogP contribution >= 0.6 is 11.3 Å². The molecule has 2 rings (SSSR count). The number of rotatable bonds is 5. The zero-order valence-corrected chi connectivity index (χ0v) is 14.9. The Morgan fingerprint density at radius 3 is 2.67 bits per heavy atom. The predicted octanol–water partition coefficient (Wildman–Crippen LogP) is 3.08. The average molecular weight is 348 g/mol. The van der Waals surface area contributed by atoms with E-state index >= 15 is 0 Å². The van der Waals surface area contributed by atoms with E-state index < -0.39 is 0 Å². The second-order valence-electron chi connectivity index (χ2n) is 5.24. The van der Waals surface area contributed by atoms with E-state index in [1.165, 1.54) is 18.9 Å². The van der Waals surface area contributed by atoms with E-state index in [0.29, 0.717) is 23.7 Å². The molecule has 0 saturated carbocycles. The Bertz CT molecular complexity index is 745. The summed E-state index contributed by atoms with van der Waals surface area (Å²) in [7, 11) is 3.21. The first-order valence-electron chi connectivity index (χ1n) is 7.27. The molecule has 0 atom stereocenters. The Kier molecular flexibility index (Phi) is 5.75. The van der Waals surface area contributed by atoms with Crippen LogP contribution in [-0.4, -0.2) is 36.0 Å². The Morgan fingerprint density at radius 2 is 2.08 bits per heavy atom. The van der Waals surface area contributed by atoms with Gasteiger partial charge in [-0.25, -0.2) is 9.78 Å². The summed E-state index contributed by atoms with van der Waals surface area (Å²) in [5.41, 5.74) is 1.91. The van der Waals surface area contributed by atoms with Crippen molar-refractivity contribution >= 4 is 34.6 Å². The summed E-state index contributed by atoms with van der Waals surface area (Å²) in [4.78, 5) is 29.4. The highest BCUT2D eigenvalue weighted by Gasteiger charge is 2.13. The number of aromatic nitrogens is 1. The Morgan fingerprint density at radius 1 is 1.33 bits per heavy atom. The van der Waals surface area contributed by atoms with Gasteiger partial charge in [-0.05, 0) is 25.1 Å². The number of hydrogen-bond acceptors (Lipinski definition) is 5. The summed E-state index contributed by atoms with van der Waals surface area (Å²) in [5, 5.41) is 8.36. The van der Waals surface area contributed by atoms with Crippen LogP contribution in [0, 0.1) is 6.92 Å². The number of urea groups is 1. The van der Waals surface area contributed by atoms with E-state index in [-0.39, 0.29) is 11.9 Å². The maximum atomic E-state index is 12.3. The molecule has 0 fully saturated rings. The molecule has 0 radical (unpaired) electrons. The smallest absolute Gasteiger partial charge is 0.321 e. The standard InChI is InChI=1S/C16H20N4O3S/c1-10(21)17-14-7-12(5-6-15(14)23-4)19-16(22)20(3)8-13-9-24-11(2)18-13/h5-7,9H,8H2,1-4H3,(H,17,21)(H,19,22). The van der Waals surface area contributed by atoms with Gasteiger partial charge in [0.05, 0.1) is 30.0 Å². The van der Waals surface area contributed by atoms with E-state index in [9.17, 15) is 9.59 Å². The van der Waals surface area contributed by atoms with Gasteiger partial charge < -0.3 is 20.3 Å².